The Morgan fingerprint density at radius 1 is 1.31 bits per heavy atom. The van der Waals surface area contributed by atoms with Crippen LogP contribution < -0.4 is 5.32 Å². The molecule has 0 saturated carbocycles. The summed E-state index contributed by atoms with van der Waals surface area (Å²) in [5, 5.41) is 3.87. The van der Waals surface area contributed by atoms with Crippen molar-refractivity contribution in [2.24, 2.45) is 0 Å². The van der Waals surface area contributed by atoms with E-state index in [4.69, 9.17) is 4.42 Å². The van der Waals surface area contributed by atoms with E-state index in [0.29, 0.717) is 5.56 Å². The van der Waals surface area contributed by atoms with Gasteiger partial charge >= 0.3 is 0 Å². The van der Waals surface area contributed by atoms with E-state index in [2.05, 4.69) is 5.32 Å². The average Bonchev–Trinajstić information content (AvgIpc) is 2.71. The highest BCUT2D eigenvalue weighted by Crippen LogP contribution is 2.24. The molecule has 1 heterocycles. The first kappa shape index (κ1) is 10.9. The molecule has 0 unspecified atom stereocenters. The Bertz CT molecular complexity index is 525. The molecule has 3 nitrogen and oxygen atoms in total. The highest BCUT2D eigenvalue weighted by molar-refractivity contribution is 6.11. The Morgan fingerprint density at radius 2 is 2.00 bits per heavy atom. The first-order valence-corrected chi connectivity index (χ1v) is 5.26. The van der Waals surface area contributed by atoms with Crippen molar-refractivity contribution in [2.75, 3.05) is 7.05 Å². The number of Topliss-reactive ketones (excluding diaryl/α,β-unsaturated/α-hetero) is 1. The molecule has 3 heteroatoms. The van der Waals surface area contributed by atoms with Gasteiger partial charge in [-0.25, -0.2) is 0 Å². The first-order valence-electron chi connectivity index (χ1n) is 5.26. The van der Waals surface area contributed by atoms with E-state index in [-0.39, 0.29) is 5.78 Å². The third kappa shape index (κ3) is 1.63. The van der Waals surface area contributed by atoms with Crippen LogP contribution in [0.5, 0.6) is 0 Å². The molecule has 0 fully saturated rings. The van der Waals surface area contributed by atoms with Gasteiger partial charge in [-0.1, -0.05) is 18.2 Å². The Labute approximate surface area is 94.4 Å². The van der Waals surface area contributed by atoms with Gasteiger partial charge in [-0.15, -0.1) is 0 Å². The van der Waals surface area contributed by atoms with Gasteiger partial charge in [0.25, 0.3) is 0 Å². The molecular weight excluding hydrogens is 202 g/mol. The predicted octanol–water partition coefficient (Wildman–Crippen LogP) is 2.61. The fourth-order valence-electron chi connectivity index (χ4n) is 1.60. The van der Waals surface area contributed by atoms with Crippen LogP contribution in [0.4, 0.5) is 0 Å². The predicted molar refractivity (Wildman–Crippen MR) is 63.7 cm³/mol. The van der Waals surface area contributed by atoms with E-state index >= 15 is 0 Å². The van der Waals surface area contributed by atoms with E-state index in [0.717, 1.165) is 11.0 Å². The van der Waals surface area contributed by atoms with Crippen LogP contribution in [0.25, 0.3) is 11.0 Å². The summed E-state index contributed by atoms with van der Waals surface area (Å²) in [5.41, 5.74) is 0.805. The number of carbonyl (C=O) groups is 1. The van der Waals surface area contributed by atoms with Crippen molar-refractivity contribution in [2.45, 2.75) is 19.4 Å². The fraction of sp³-hybridized carbons (Fsp3) is 0.308. The summed E-state index contributed by atoms with van der Waals surface area (Å²) in [6, 6.07) is 7.56. The minimum absolute atomic E-state index is 0.0416. The summed E-state index contributed by atoms with van der Waals surface area (Å²) in [4.78, 5) is 12.3. The molecule has 16 heavy (non-hydrogen) atoms. The van der Waals surface area contributed by atoms with Gasteiger partial charge in [-0.05, 0) is 27.0 Å². The van der Waals surface area contributed by atoms with E-state index in [1.807, 2.05) is 38.1 Å². The molecule has 1 aromatic carbocycles. The van der Waals surface area contributed by atoms with Crippen molar-refractivity contribution >= 4 is 16.8 Å². The van der Waals surface area contributed by atoms with Crippen molar-refractivity contribution in [3.8, 4) is 0 Å². The smallest absolute Gasteiger partial charge is 0.186 e. The Kier molecular flexibility index (Phi) is 2.56. The van der Waals surface area contributed by atoms with Gasteiger partial charge in [0.15, 0.2) is 5.78 Å². The molecule has 0 aliphatic rings. The SMILES string of the molecule is CNC(C)(C)C(=O)c1coc2ccccc12. The number of rotatable bonds is 3. The van der Waals surface area contributed by atoms with Crippen LogP contribution in [0.1, 0.15) is 24.2 Å². The largest absolute Gasteiger partial charge is 0.464 e. The summed E-state index contributed by atoms with van der Waals surface area (Å²) in [6.07, 6.45) is 1.53. The fourth-order valence-corrected chi connectivity index (χ4v) is 1.60. The maximum Gasteiger partial charge on any atom is 0.186 e. The lowest BCUT2D eigenvalue weighted by molar-refractivity contribution is 0.0890. The summed E-state index contributed by atoms with van der Waals surface area (Å²) in [5.74, 6) is 0.0416. The normalized spacial score (nSPS) is 11.9. The van der Waals surface area contributed by atoms with Crippen molar-refractivity contribution in [1.29, 1.82) is 0 Å². The van der Waals surface area contributed by atoms with Gasteiger partial charge in [0, 0.05) is 5.39 Å². The van der Waals surface area contributed by atoms with Crippen LogP contribution in [-0.2, 0) is 0 Å². The molecule has 84 valence electrons. The maximum absolute atomic E-state index is 12.3. The number of carbonyl (C=O) groups excluding carboxylic acids is 1. The molecule has 0 atom stereocenters. The number of likely N-dealkylation sites (N-methyl/N-ethyl adjacent to an activating group) is 1. The molecule has 2 aromatic rings. The molecule has 0 saturated heterocycles. The van der Waals surface area contributed by atoms with E-state index in [1.54, 1.807) is 7.05 Å². The number of ketones is 1. The van der Waals surface area contributed by atoms with Crippen molar-refractivity contribution in [1.82, 2.24) is 5.32 Å². The van der Waals surface area contributed by atoms with Gasteiger partial charge < -0.3 is 9.73 Å². The number of para-hydroxylation sites is 1. The van der Waals surface area contributed by atoms with Crippen LogP contribution in [0.15, 0.2) is 34.9 Å². The number of benzene rings is 1. The molecule has 1 aromatic heterocycles. The van der Waals surface area contributed by atoms with Crippen LogP contribution >= 0.6 is 0 Å². The Hall–Kier alpha value is -1.61. The summed E-state index contributed by atoms with van der Waals surface area (Å²) in [6.45, 7) is 3.72. The van der Waals surface area contributed by atoms with Gasteiger partial charge in [0.05, 0.1) is 11.1 Å². The molecule has 1 N–H and O–H groups in total. The third-order valence-corrected chi connectivity index (χ3v) is 2.92. The van der Waals surface area contributed by atoms with Crippen molar-refractivity contribution < 1.29 is 9.21 Å². The molecular formula is C13H15NO2. The standard InChI is InChI=1S/C13H15NO2/c1-13(2,14-3)12(15)10-8-16-11-7-5-4-6-9(10)11/h4-8,14H,1-3H3. The third-order valence-electron chi connectivity index (χ3n) is 2.92. The highest BCUT2D eigenvalue weighted by atomic mass is 16.3. The van der Waals surface area contributed by atoms with E-state index in [1.165, 1.54) is 6.26 Å². The van der Waals surface area contributed by atoms with E-state index in [9.17, 15) is 4.79 Å². The molecule has 0 amide bonds. The second-order valence-corrected chi connectivity index (χ2v) is 4.35. The lowest BCUT2D eigenvalue weighted by atomic mass is 9.93. The minimum Gasteiger partial charge on any atom is -0.464 e. The van der Waals surface area contributed by atoms with Gasteiger partial charge in [0.2, 0.25) is 0 Å². The molecule has 0 spiro atoms. The first-order chi connectivity index (χ1) is 7.56. The molecule has 0 radical (unpaired) electrons. The summed E-state index contributed by atoms with van der Waals surface area (Å²) < 4.78 is 5.36. The highest BCUT2D eigenvalue weighted by Gasteiger charge is 2.28. The summed E-state index contributed by atoms with van der Waals surface area (Å²) in [7, 11) is 1.78. The Morgan fingerprint density at radius 3 is 2.69 bits per heavy atom. The average molecular weight is 217 g/mol. The monoisotopic (exact) mass is 217 g/mol. The molecule has 0 aliphatic carbocycles. The Balaban J connectivity index is 2.52. The van der Waals surface area contributed by atoms with Crippen LogP contribution in [0.3, 0.4) is 0 Å². The van der Waals surface area contributed by atoms with Crippen LogP contribution in [0.2, 0.25) is 0 Å². The van der Waals surface area contributed by atoms with Crippen LogP contribution in [0, 0.1) is 0 Å². The quantitative estimate of drug-likeness (QED) is 0.803. The molecule has 0 aliphatic heterocycles. The number of nitrogens with one attached hydrogen (secondary N) is 1. The van der Waals surface area contributed by atoms with Gasteiger partial charge in [-0.3, -0.25) is 4.79 Å². The number of fused-ring (bicyclic) bond motifs is 1. The second kappa shape index (κ2) is 3.76. The number of hydrogen-bond acceptors (Lipinski definition) is 3. The number of furan rings is 1. The second-order valence-electron chi connectivity index (χ2n) is 4.35. The van der Waals surface area contributed by atoms with Gasteiger partial charge in [0.1, 0.15) is 11.8 Å². The lowest BCUT2D eigenvalue weighted by Gasteiger charge is -2.21. The zero-order valence-electron chi connectivity index (χ0n) is 9.70. The van der Waals surface area contributed by atoms with Crippen LogP contribution in [-0.4, -0.2) is 18.4 Å². The van der Waals surface area contributed by atoms with Gasteiger partial charge in [-0.2, -0.15) is 0 Å². The summed E-state index contributed by atoms with van der Waals surface area (Å²) >= 11 is 0. The van der Waals surface area contributed by atoms with Crippen molar-refractivity contribution in [3.63, 3.8) is 0 Å². The topological polar surface area (TPSA) is 42.2 Å². The lowest BCUT2D eigenvalue weighted by Crippen LogP contribution is -2.44. The number of hydrogen-bond donors (Lipinski definition) is 1. The zero-order chi connectivity index (χ0) is 11.8. The molecule has 2 rings (SSSR count). The molecule has 0 bridgehead atoms. The zero-order valence-corrected chi connectivity index (χ0v) is 9.70. The van der Waals surface area contributed by atoms with Crippen molar-refractivity contribution in [3.05, 3.63) is 36.1 Å². The van der Waals surface area contributed by atoms with E-state index < -0.39 is 5.54 Å². The minimum atomic E-state index is -0.577. The maximum atomic E-state index is 12.3.